The highest BCUT2D eigenvalue weighted by molar-refractivity contribution is 6.33. The molecule has 0 radical (unpaired) electrons. The number of para-hydroxylation sites is 2. The molecule has 7 heteroatoms. The number of rotatable bonds is 5. The smallest absolute Gasteiger partial charge is 0.339 e. The Morgan fingerprint density at radius 1 is 1.27 bits per heavy atom. The molecule has 0 saturated heterocycles. The minimum absolute atomic E-state index is 0.259. The fourth-order valence-corrected chi connectivity index (χ4v) is 3.33. The SMILES string of the molecule is COC(=O)c1cc(-c2ccc(/C=C(/C#N)Cn3cnc4ccccc43)o2)ccc1Cl. The standard InChI is InChI=1S/C23H16ClN3O3/c1-29-23(28)18-11-16(6-8-19(18)24)22-9-7-17(30-22)10-15(12-25)13-27-14-26-20-4-2-3-5-21(20)27/h2-11,14H,13H2,1H3/b15-10-. The van der Waals surface area contributed by atoms with Crippen LogP contribution in [0.3, 0.4) is 0 Å². The average Bonchev–Trinajstić information content (AvgIpc) is 3.40. The molecule has 30 heavy (non-hydrogen) atoms. The summed E-state index contributed by atoms with van der Waals surface area (Å²) in [7, 11) is 1.30. The lowest BCUT2D eigenvalue weighted by atomic mass is 10.1. The molecule has 2 aromatic heterocycles. The van der Waals surface area contributed by atoms with E-state index < -0.39 is 5.97 Å². The Hall–Kier alpha value is -3.82. The number of benzene rings is 2. The number of methoxy groups -OCH3 is 1. The molecule has 4 rings (SSSR count). The fraction of sp³-hybridized carbons (Fsp3) is 0.0870. The minimum atomic E-state index is -0.521. The summed E-state index contributed by atoms with van der Waals surface area (Å²) in [6.45, 7) is 0.375. The summed E-state index contributed by atoms with van der Waals surface area (Å²) in [6, 6.07) is 18.5. The molecule has 0 saturated carbocycles. The number of esters is 1. The Kier molecular flexibility index (Phi) is 5.38. The first kappa shape index (κ1) is 19.5. The third-order valence-electron chi connectivity index (χ3n) is 4.61. The van der Waals surface area contributed by atoms with Gasteiger partial charge in [-0.2, -0.15) is 5.26 Å². The molecule has 0 aliphatic rings. The zero-order chi connectivity index (χ0) is 21.1. The molecule has 6 nitrogen and oxygen atoms in total. The summed E-state index contributed by atoms with van der Waals surface area (Å²) < 4.78 is 12.5. The minimum Gasteiger partial charge on any atom is -0.465 e. The van der Waals surface area contributed by atoms with Crippen LogP contribution >= 0.6 is 11.6 Å². The highest BCUT2D eigenvalue weighted by atomic mass is 35.5. The maximum atomic E-state index is 11.9. The van der Waals surface area contributed by atoms with Gasteiger partial charge >= 0.3 is 5.97 Å². The first-order valence-corrected chi connectivity index (χ1v) is 9.45. The number of imidazole rings is 1. The number of allylic oxidation sites excluding steroid dienone is 1. The second-order valence-electron chi connectivity index (χ2n) is 6.53. The first-order valence-electron chi connectivity index (χ1n) is 9.07. The summed E-state index contributed by atoms with van der Waals surface area (Å²) >= 11 is 6.07. The Morgan fingerprint density at radius 2 is 2.10 bits per heavy atom. The van der Waals surface area contributed by atoms with E-state index in [0.717, 1.165) is 11.0 Å². The van der Waals surface area contributed by atoms with E-state index >= 15 is 0 Å². The van der Waals surface area contributed by atoms with Gasteiger partial charge in [0.15, 0.2) is 0 Å². The molecule has 0 unspecified atom stereocenters. The summed E-state index contributed by atoms with van der Waals surface area (Å²) in [6.07, 6.45) is 3.40. The average molecular weight is 418 g/mol. The van der Waals surface area contributed by atoms with Gasteiger partial charge in [-0.15, -0.1) is 0 Å². The Bertz CT molecular complexity index is 1310. The zero-order valence-corrected chi connectivity index (χ0v) is 16.8. The normalized spacial score (nSPS) is 11.4. The highest BCUT2D eigenvalue weighted by Crippen LogP contribution is 2.28. The van der Waals surface area contributed by atoms with Crippen molar-refractivity contribution in [3.63, 3.8) is 0 Å². The molecule has 2 aromatic carbocycles. The van der Waals surface area contributed by atoms with E-state index in [9.17, 15) is 10.1 Å². The number of nitrogens with zero attached hydrogens (tertiary/aromatic N) is 3. The van der Waals surface area contributed by atoms with Gasteiger partial charge in [-0.1, -0.05) is 23.7 Å². The number of carbonyl (C=O) groups is 1. The van der Waals surface area contributed by atoms with E-state index in [1.165, 1.54) is 7.11 Å². The number of halogens is 1. The molecule has 0 aliphatic heterocycles. The summed E-state index contributed by atoms with van der Waals surface area (Å²) in [5, 5.41) is 9.88. The van der Waals surface area contributed by atoms with E-state index in [2.05, 4.69) is 11.1 Å². The van der Waals surface area contributed by atoms with Crippen LogP contribution in [-0.2, 0) is 11.3 Å². The molecule has 0 fully saturated rings. The van der Waals surface area contributed by atoms with Crippen molar-refractivity contribution < 1.29 is 13.9 Å². The predicted molar refractivity (Wildman–Crippen MR) is 114 cm³/mol. The van der Waals surface area contributed by atoms with Crippen LogP contribution in [0.1, 0.15) is 16.1 Å². The lowest BCUT2D eigenvalue weighted by Gasteiger charge is -2.04. The van der Waals surface area contributed by atoms with Gasteiger partial charge in [0.1, 0.15) is 11.5 Å². The van der Waals surface area contributed by atoms with Crippen LogP contribution in [0.2, 0.25) is 5.02 Å². The van der Waals surface area contributed by atoms with Crippen molar-refractivity contribution in [3.05, 3.63) is 82.8 Å². The van der Waals surface area contributed by atoms with Crippen molar-refractivity contribution in [1.29, 1.82) is 5.26 Å². The molecule has 0 N–H and O–H groups in total. The van der Waals surface area contributed by atoms with Gasteiger partial charge in [-0.05, 0) is 48.5 Å². The van der Waals surface area contributed by atoms with Crippen LogP contribution in [0.5, 0.6) is 0 Å². The van der Waals surface area contributed by atoms with Crippen LogP contribution < -0.4 is 0 Å². The van der Waals surface area contributed by atoms with E-state index in [4.69, 9.17) is 20.8 Å². The molecule has 0 amide bonds. The number of carbonyl (C=O) groups excluding carboxylic acids is 1. The summed E-state index contributed by atoms with van der Waals surface area (Å²) in [5.74, 6) is 0.557. The van der Waals surface area contributed by atoms with Gasteiger partial charge in [-0.3, -0.25) is 0 Å². The van der Waals surface area contributed by atoms with Crippen LogP contribution in [0.15, 0.2) is 70.9 Å². The van der Waals surface area contributed by atoms with Gasteiger partial charge in [0, 0.05) is 5.56 Å². The number of hydrogen-bond donors (Lipinski definition) is 0. The molecule has 0 spiro atoms. The lowest BCUT2D eigenvalue weighted by Crippen LogP contribution is -2.02. The molecule has 0 aliphatic carbocycles. The molecule has 4 aromatic rings. The van der Waals surface area contributed by atoms with E-state index in [1.54, 1.807) is 42.7 Å². The topological polar surface area (TPSA) is 81.0 Å². The largest absolute Gasteiger partial charge is 0.465 e. The fourth-order valence-electron chi connectivity index (χ4n) is 3.14. The van der Waals surface area contributed by atoms with Crippen LogP contribution in [0.25, 0.3) is 28.4 Å². The summed E-state index contributed by atoms with van der Waals surface area (Å²) in [5.41, 5.74) is 3.29. The van der Waals surface area contributed by atoms with Gasteiger partial charge < -0.3 is 13.7 Å². The van der Waals surface area contributed by atoms with Crippen molar-refractivity contribution in [2.75, 3.05) is 7.11 Å². The molecule has 148 valence electrons. The van der Waals surface area contributed by atoms with Crippen LogP contribution in [0, 0.1) is 11.3 Å². The van der Waals surface area contributed by atoms with Crippen LogP contribution in [0.4, 0.5) is 0 Å². The quantitative estimate of drug-likeness (QED) is 0.323. The Balaban J connectivity index is 1.61. The molecular formula is C23H16ClN3O3. The Labute approximate surface area is 177 Å². The second-order valence-corrected chi connectivity index (χ2v) is 6.94. The summed E-state index contributed by atoms with van der Waals surface area (Å²) in [4.78, 5) is 16.2. The van der Waals surface area contributed by atoms with Gasteiger partial charge in [0.2, 0.25) is 0 Å². The number of fused-ring (bicyclic) bond motifs is 1. The van der Waals surface area contributed by atoms with Crippen molar-refractivity contribution in [2.24, 2.45) is 0 Å². The van der Waals surface area contributed by atoms with Gasteiger partial charge in [-0.25, -0.2) is 9.78 Å². The molecular weight excluding hydrogens is 402 g/mol. The van der Waals surface area contributed by atoms with Crippen molar-refractivity contribution in [2.45, 2.75) is 6.54 Å². The van der Waals surface area contributed by atoms with Crippen molar-refractivity contribution in [3.8, 4) is 17.4 Å². The van der Waals surface area contributed by atoms with E-state index in [1.807, 2.05) is 28.8 Å². The lowest BCUT2D eigenvalue weighted by molar-refractivity contribution is 0.0601. The van der Waals surface area contributed by atoms with Gasteiger partial charge in [0.25, 0.3) is 0 Å². The molecule has 0 bridgehead atoms. The third-order valence-corrected chi connectivity index (χ3v) is 4.94. The van der Waals surface area contributed by atoms with E-state index in [0.29, 0.717) is 34.2 Å². The number of aromatic nitrogens is 2. The van der Waals surface area contributed by atoms with Crippen molar-refractivity contribution >= 4 is 34.7 Å². The molecule has 2 heterocycles. The first-order chi connectivity index (χ1) is 14.6. The highest BCUT2D eigenvalue weighted by Gasteiger charge is 2.14. The monoisotopic (exact) mass is 417 g/mol. The maximum Gasteiger partial charge on any atom is 0.339 e. The van der Waals surface area contributed by atoms with Crippen LogP contribution in [-0.4, -0.2) is 22.6 Å². The zero-order valence-electron chi connectivity index (χ0n) is 16.0. The number of ether oxygens (including phenoxy) is 1. The second kappa shape index (κ2) is 8.27. The number of hydrogen-bond acceptors (Lipinski definition) is 5. The number of furan rings is 1. The maximum absolute atomic E-state index is 11.9. The molecule has 0 atom stereocenters. The van der Waals surface area contributed by atoms with Gasteiger partial charge in [0.05, 0.1) is 53.2 Å². The van der Waals surface area contributed by atoms with Crippen molar-refractivity contribution in [1.82, 2.24) is 9.55 Å². The predicted octanol–water partition coefficient (Wildman–Crippen LogP) is 5.34. The number of nitriles is 1. The third kappa shape index (κ3) is 3.84. The van der Waals surface area contributed by atoms with E-state index in [-0.39, 0.29) is 5.56 Å². The Morgan fingerprint density at radius 3 is 2.90 bits per heavy atom.